The van der Waals surface area contributed by atoms with E-state index in [1.54, 1.807) is 9.58 Å². The Labute approximate surface area is 154 Å². The zero-order valence-electron chi connectivity index (χ0n) is 15.3. The lowest BCUT2D eigenvalue weighted by Gasteiger charge is -2.31. The van der Waals surface area contributed by atoms with Crippen LogP contribution in [0.15, 0.2) is 12.5 Å². The SMILES string of the molecule is CC(C)(C)n1cnc(NC(=O)N2CCC[C@H](c3ncc(C(F)(F)F)[nH]3)C2)n1. The minimum absolute atomic E-state index is 0.189. The zero-order valence-corrected chi connectivity index (χ0v) is 15.3. The molecule has 2 aromatic heterocycles. The number of H-pyrrole nitrogens is 1. The molecule has 11 heteroatoms. The van der Waals surface area contributed by atoms with E-state index in [0.717, 1.165) is 6.20 Å². The summed E-state index contributed by atoms with van der Waals surface area (Å²) >= 11 is 0. The average molecular weight is 385 g/mol. The molecule has 3 rings (SSSR count). The molecule has 0 spiro atoms. The third-order valence-corrected chi connectivity index (χ3v) is 4.39. The van der Waals surface area contributed by atoms with E-state index in [-0.39, 0.29) is 35.8 Å². The number of amides is 2. The molecule has 8 nitrogen and oxygen atoms in total. The molecule has 0 bridgehead atoms. The Kier molecular flexibility index (Phi) is 4.87. The minimum Gasteiger partial charge on any atom is -0.338 e. The lowest BCUT2D eigenvalue weighted by Crippen LogP contribution is -2.42. The van der Waals surface area contributed by atoms with Gasteiger partial charge in [-0.1, -0.05) is 0 Å². The number of anilines is 1. The molecule has 2 amide bonds. The first kappa shape index (κ1) is 19.2. The number of nitrogens with zero attached hydrogens (tertiary/aromatic N) is 5. The van der Waals surface area contributed by atoms with E-state index in [1.807, 2.05) is 20.8 Å². The summed E-state index contributed by atoms with van der Waals surface area (Å²) in [6.45, 7) is 6.66. The number of piperidine rings is 1. The Morgan fingerprint density at radius 3 is 2.63 bits per heavy atom. The fraction of sp³-hybridized carbons (Fsp3) is 0.625. The topological polar surface area (TPSA) is 91.7 Å². The van der Waals surface area contributed by atoms with Crippen molar-refractivity contribution in [3.8, 4) is 0 Å². The largest absolute Gasteiger partial charge is 0.432 e. The van der Waals surface area contributed by atoms with Gasteiger partial charge in [-0.15, -0.1) is 5.10 Å². The smallest absolute Gasteiger partial charge is 0.338 e. The third-order valence-electron chi connectivity index (χ3n) is 4.39. The summed E-state index contributed by atoms with van der Waals surface area (Å²) in [6.07, 6.45) is -0.808. The summed E-state index contributed by atoms with van der Waals surface area (Å²) in [7, 11) is 0. The number of imidazole rings is 1. The van der Waals surface area contributed by atoms with Gasteiger partial charge in [-0.3, -0.25) is 5.32 Å². The van der Waals surface area contributed by atoms with Crippen molar-refractivity contribution in [1.82, 2.24) is 29.6 Å². The molecule has 3 heterocycles. The molecule has 27 heavy (non-hydrogen) atoms. The second kappa shape index (κ2) is 6.86. The van der Waals surface area contributed by atoms with Crippen molar-refractivity contribution in [3.63, 3.8) is 0 Å². The van der Waals surface area contributed by atoms with Crippen molar-refractivity contribution in [1.29, 1.82) is 0 Å². The molecule has 1 atom stereocenters. The molecule has 1 aliphatic heterocycles. The predicted octanol–water partition coefficient (Wildman–Crippen LogP) is 3.19. The molecule has 1 fully saturated rings. The van der Waals surface area contributed by atoms with Gasteiger partial charge in [-0.05, 0) is 33.6 Å². The van der Waals surface area contributed by atoms with Crippen molar-refractivity contribution in [2.45, 2.75) is 51.2 Å². The molecule has 1 saturated heterocycles. The van der Waals surface area contributed by atoms with Crippen LogP contribution in [0.25, 0.3) is 0 Å². The first-order valence-electron chi connectivity index (χ1n) is 8.64. The van der Waals surface area contributed by atoms with Crippen molar-refractivity contribution in [2.24, 2.45) is 0 Å². The summed E-state index contributed by atoms with van der Waals surface area (Å²) in [5.41, 5.74) is -1.14. The van der Waals surface area contributed by atoms with E-state index < -0.39 is 11.9 Å². The standard InChI is InChI=1S/C16H22F3N7O/c1-15(2,3)26-9-21-13(24-26)23-14(27)25-6-4-5-10(8-25)12-20-7-11(22-12)16(17,18)19/h7,9-10H,4-6,8H2,1-3H3,(H,20,22)(H,23,24,27)/t10-/m0/s1. The lowest BCUT2D eigenvalue weighted by molar-refractivity contribution is -0.141. The second-order valence-corrected chi connectivity index (χ2v) is 7.58. The number of aromatic nitrogens is 5. The fourth-order valence-corrected chi connectivity index (χ4v) is 2.89. The molecule has 148 valence electrons. The summed E-state index contributed by atoms with van der Waals surface area (Å²) in [6, 6.07) is -0.381. The Bertz CT molecular complexity index is 806. The molecular weight excluding hydrogens is 363 g/mol. The lowest BCUT2D eigenvalue weighted by atomic mass is 9.98. The van der Waals surface area contributed by atoms with E-state index >= 15 is 0 Å². The van der Waals surface area contributed by atoms with Crippen LogP contribution in [0.4, 0.5) is 23.9 Å². The van der Waals surface area contributed by atoms with E-state index in [2.05, 4.69) is 25.4 Å². The molecule has 0 saturated carbocycles. The highest BCUT2D eigenvalue weighted by atomic mass is 19.4. The number of rotatable bonds is 2. The molecular formula is C16H22F3N7O. The number of hydrogen-bond acceptors (Lipinski definition) is 4. The molecule has 1 aliphatic rings. The van der Waals surface area contributed by atoms with Gasteiger partial charge >= 0.3 is 12.2 Å². The molecule has 0 unspecified atom stereocenters. The summed E-state index contributed by atoms with van der Waals surface area (Å²) < 4.78 is 39.9. The number of urea groups is 1. The van der Waals surface area contributed by atoms with Gasteiger partial charge in [0.2, 0.25) is 5.95 Å². The summed E-state index contributed by atoms with van der Waals surface area (Å²) in [5.74, 6) is 0.157. The van der Waals surface area contributed by atoms with Crippen LogP contribution in [0.2, 0.25) is 0 Å². The van der Waals surface area contributed by atoms with E-state index in [9.17, 15) is 18.0 Å². The third kappa shape index (κ3) is 4.40. The molecule has 0 aromatic carbocycles. The van der Waals surface area contributed by atoms with Gasteiger partial charge in [0, 0.05) is 19.0 Å². The van der Waals surface area contributed by atoms with Crippen molar-refractivity contribution in [2.75, 3.05) is 18.4 Å². The number of halogens is 3. The summed E-state index contributed by atoms with van der Waals surface area (Å²) in [5, 5.41) is 6.87. The molecule has 2 N–H and O–H groups in total. The van der Waals surface area contributed by atoms with Gasteiger partial charge < -0.3 is 9.88 Å². The van der Waals surface area contributed by atoms with E-state index in [0.29, 0.717) is 19.4 Å². The fourth-order valence-electron chi connectivity index (χ4n) is 2.89. The Hall–Kier alpha value is -2.59. The van der Waals surface area contributed by atoms with E-state index in [4.69, 9.17) is 0 Å². The molecule has 0 aliphatic carbocycles. The van der Waals surface area contributed by atoms with Crippen LogP contribution in [-0.4, -0.2) is 48.8 Å². The monoisotopic (exact) mass is 385 g/mol. The first-order chi connectivity index (χ1) is 12.5. The van der Waals surface area contributed by atoms with Crippen molar-refractivity contribution < 1.29 is 18.0 Å². The van der Waals surface area contributed by atoms with Gasteiger partial charge in [0.05, 0.1) is 11.7 Å². The van der Waals surface area contributed by atoms with Crippen LogP contribution < -0.4 is 5.32 Å². The van der Waals surface area contributed by atoms with Gasteiger partial charge in [0.1, 0.15) is 17.8 Å². The zero-order chi connectivity index (χ0) is 19.8. The van der Waals surface area contributed by atoms with Crippen LogP contribution in [0.3, 0.4) is 0 Å². The molecule has 2 aromatic rings. The van der Waals surface area contributed by atoms with Crippen LogP contribution in [0.1, 0.15) is 51.0 Å². The highest BCUT2D eigenvalue weighted by Crippen LogP contribution is 2.31. The highest BCUT2D eigenvalue weighted by molar-refractivity contribution is 5.87. The van der Waals surface area contributed by atoms with Crippen molar-refractivity contribution in [3.05, 3.63) is 24.0 Å². The average Bonchev–Trinajstić information content (AvgIpc) is 3.23. The van der Waals surface area contributed by atoms with Gasteiger partial charge in [0.15, 0.2) is 0 Å². The van der Waals surface area contributed by atoms with Crippen molar-refractivity contribution >= 4 is 12.0 Å². The Balaban J connectivity index is 1.64. The number of likely N-dealkylation sites (tertiary alicyclic amines) is 1. The minimum atomic E-state index is -4.46. The number of alkyl halides is 3. The Morgan fingerprint density at radius 1 is 1.30 bits per heavy atom. The van der Waals surface area contributed by atoms with Gasteiger partial charge in [0.25, 0.3) is 0 Å². The van der Waals surface area contributed by atoms with Gasteiger partial charge in [-0.25, -0.2) is 19.4 Å². The number of hydrogen-bond donors (Lipinski definition) is 2. The highest BCUT2D eigenvalue weighted by Gasteiger charge is 2.35. The maximum atomic E-state index is 12.7. The predicted molar refractivity (Wildman–Crippen MR) is 91.2 cm³/mol. The first-order valence-corrected chi connectivity index (χ1v) is 8.64. The molecule has 0 radical (unpaired) electrons. The van der Waals surface area contributed by atoms with Crippen LogP contribution in [0.5, 0.6) is 0 Å². The van der Waals surface area contributed by atoms with Crippen LogP contribution in [0, 0.1) is 0 Å². The Morgan fingerprint density at radius 2 is 2.04 bits per heavy atom. The number of nitrogens with one attached hydrogen (secondary N) is 2. The number of carbonyl (C=O) groups is 1. The normalized spacial score (nSPS) is 18.6. The van der Waals surface area contributed by atoms with Gasteiger partial charge in [-0.2, -0.15) is 13.2 Å². The second-order valence-electron chi connectivity index (χ2n) is 7.58. The summed E-state index contributed by atoms with van der Waals surface area (Å²) in [4.78, 5) is 24.3. The number of carbonyl (C=O) groups excluding carboxylic acids is 1. The van der Waals surface area contributed by atoms with Crippen LogP contribution in [-0.2, 0) is 11.7 Å². The van der Waals surface area contributed by atoms with Crippen LogP contribution >= 0.6 is 0 Å². The maximum absolute atomic E-state index is 12.7. The number of aromatic amines is 1. The quantitative estimate of drug-likeness (QED) is 0.831. The maximum Gasteiger partial charge on any atom is 0.432 e. The van der Waals surface area contributed by atoms with E-state index in [1.165, 1.54) is 6.33 Å².